The molecule has 0 aliphatic carbocycles. The number of thioether (sulfide) groups is 2. The van der Waals surface area contributed by atoms with E-state index in [1.54, 1.807) is 0 Å². The predicted octanol–water partition coefficient (Wildman–Crippen LogP) is 4.11. The van der Waals surface area contributed by atoms with E-state index in [0.717, 1.165) is 18.7 Å². The summed E-state index contributed by atoms with van der Waals surface area (Å²) >= 11 is 3.94. The minimum Gasteiger partial charge on any atom is -0.313 e. The summed E-state index contributed by atoms with van der Waals surface area (Å²) in [5, 5.41) is 4.52. The van der Waals surface area contributed by atoms with Crippen LogP contribution in [-0.4, -0.2) is 34.6 Å². The van der Waals surface area contributed by atoms with E-state index in [2.05, 4.69) is 19.2 Å². The highest BCUT2D eigenvalue weighted by Crippen LogP contribution is 2.34. The maximum absolute atomic E-state index is 13.9. The molecule has 1 fully saturated rings. The molecule has 1 heterocycles. The van der Waals surface area contributed by atoms with E-state index in [-0.39, 0.29) is 17.7 Å². The van der Waals surface area contributed by atoms with E-state index < -0.39 is 0 Å². The highest BCUT2D eigenvalue weighted by atomic mass is 32.2. The van der Waals surface area contributed by atoms with Gasteiger partial charge in [-0.15, -0.1) is 0 Å². The minimum atomic E-state index is -0.362. The first-order valence-corrected chi connectivity index (χ1v) is 9.62. The Hall–Kier alpha value is -0.260. The molecule has 1 aliphatic heterocycles. The average Bonchev–Trinajstić information content (AvgIpc) is 2.48. The van der Waals surface area contributed by atoms with Crippen LogP contribution in [-0.2, 0) is 6.42 Å². The Morgan fingerprint density at radius 1 is 1.29 bits per heavy atom. The Morgan fingerprint density at radius 2 is 2.05 bits per heavy atom. The fourth-order valence-corrected chi connectivity index (χ4v) is 5.62. The van der Waals surface area contributed by atoms with Crippen LogP contribution in [0.1, 0.15) is 25.8 Å². The fourth-order valence-electron chi connectivity index (χ4n) is 2.66. The molecule has 0 saturated carbocycles. The second kappa shape index (κ2) is 8.39. The highest BCUT2D eigenvalue weighted by molar-refractivity contribution is 8.07. The third-order valence-electron chi connectivity index (χ3n) is 3.74. The lowest BCUT2D eigenvalue weighted by Crippen LogP contribution is -2.46. The van der Waals surface area contributed by atoms with E-state index in [1.807, 2.05) is 23.5 Å². The molecule has 3 unspecified atom stereocenters. The molecule has 2 rings (SSSR count). The fraction of sp³-hybridized carbons (Fsp3) is 0.625. The molecule has 0 bridgehead atoms. The molecule has 1 N–H and O–H groups in total. The van der Waals surface area contributed by atoms with Crippen LogP contribution in [0.4, 0.5) is 8.78 Å². The van der Waals surface area contributed by atoms with Gasteiger partial charge in [0.15, 0.2) is 0 Å². The van der Waals surface area contributed by atoms with E-state index in [9.17, 15) is 8.78 Å². The van der Waals surface area contributed by atoms with Gasteiger partial charge in [0.25, 0.3) is 0 Å². The van der Waals surface area contributed by atoms with Gasteiger partial charge in [-0.2, -0.15) is 23.5 Å². The molecule has 0 aromatic heterocycles. The number of hydrogen-bond acceptors (Lipinski definition) is 3. The van der Waals surface area contributed by atoms with Crippen molar-refractivity contribution in [2.24, 2.45) is 0 Å². The summed E-state index contributed by atoms with van der Waals surface area (Å²) in [4.78, 5) is 0. The Morgan fingerprint density at radius 3 is 2.76 bits per heavy atom. The van der Waals surface area contributed by atoms with Crippen LogP contribution < -0.4 is 5.32 Å². The molecule has 3 atom stereocenters. The maximum Gasteiger partial charge on any atom is 0.126 e. The summed E-state index contributed by atoms with van der Waals surface area (Å²) in [6.45, 7) is 5.28. The molecule has 5 heteroatoms. The summed E-state index contributed by atoms with van der Waals surface area (Å²) < 4.78 is 27.3. The Kier molecular flexibility index (Phi) is 6.83. The third-order valence-corrected chi connectivity index (χ3v) is 6.99. The van der Waals surface area contributed by atoms with Gasteiger partial charge >= 0.3 is 0 Å². The normalized spacial score (nSPS) is 24.0. The first kappa shape index (κ1) is 17.1. The van der Waals surface area contributed by atoms with Crippen molar-refractivity contribution >= 4 is 23.5 Å². The van der Waals surface area contributed by atoms with Crippen molar-refractivity contribution in [1.29, 1.82) is 0 Å². The van der Waals surface area contributed by atoms with Crippen LogP contribution in [0.25, 0.3) is 0 Å². The van der Waals surface area contributed by atoms with Crippen molar-refractivity contribution < 1.29 is 8.78 Å². The Labute approximate surface area is 134 Å². The van der Waals surface area contributed by atoms with Gasteiger partial charge < -0.3 is 5.32 Å². The lowest BCUT2D eigenvalue weighted by Gasteiger charge is -2.35. The van der Waals surface area contributed by atoms with Gasteiger partial charge in [-0.25, -0.2) is 8.78 Å². The van der Waals surface area contributed by atoms with Gasteiger partial charge in [0.2, 0.25) is 0 Å². The van der Waals surface area contributed by atoms with Gasteiger partial charge in [0, 0.05) is 28.0 Å². The molecular weight excluding hydrogens is 308 g/mol. The second-order valence-electron chi connectivity index (χ2n) is 5.41. The van der Waals surface area contributed by atoms with Crippen molar-refractivity contribution in [1.82, 2.24) is 5.32 Å². The van der Waals surface area contributed by atoms with Gasteiger partial charge in [0.1, 0.15) is 11.6 Å². The zero-order valence-corrected chi connectivity index (χ0v) is 14.2. The lowest BCUT2D eigenvalue weighted by molar-refractivity contribution is 0.474. The number of rotatable bonds is 6. The zero-order chi connectivity index (χ0) is 15.2. The van der Waals surface area contributed by atoms with Crippen LogP contribution >= 0.6 is 23.5 Å². The predicted molar refractivity (Wildman–Crippen MR) is 90.3 cm³/mol. The van der Waals surface area contributed by atoms with Gasteiger partial charge in [-0.1, -0.05) is 13.8 Å². The molecular formula is C16H23F2NS2. The maximum atomic E-state index is 13.9. The van der Waals surface area contributed by atoms with Gasteiger partial charge in [-0.05, 0) is 43.1 Å². The van der Waals surface area contributed by atoms with Crippen molar-refractivity contribution in [3.63, 3.8) is 0 Å². The molecule has 0 amide bonds. The molecule has 0 radical (unpaired) electrons. The van der Waals surface area contributed by atoms with Crippen molar-refractivity contribution in [2.75, 3.05) is 18.1 Å². The quantitative estimate of drug-likeness (QED) is 0.842. The van der Waals surface area contributed by atoms with Crippen LogP contribution in [0.3, 0.4) is 0 Å². The first-order valence-electron chi connectivity index (χ1n) is 7.52. The zero-order valence-electron chi connectivity index (χ0n) is 12.6. The molecule has 118 valence electrons. The van der Waals surface area contributed by atoms with Crippen LogP contribution in [0, 0.1) is 11.6 Å². The van der Waals surface area contributed by atoms with Crippen LogP contribution in [0.2, 0.25) is 0 Å². The summed E-state index contributed by atoms with van der Waals surface area (Å²) in [6.07, 6.45) is 1.59. The summed E-state index contributed by atoms with van der Waals surface area (Å²) in [7, 11) is 0. The third kappa shape index (κ3) is 4.86. The summed E-state index contributed by atoms with van der Waals surface area (Å²) in [6, 6.07) is 3.94. The van der Waals surface area contributed by atoms with E-state index in [4.69, 9.17) is 0 Å². The van der Waals surface area contributed by atoms with Gasteiger partial charge in [-0.3, -0.25) is 0 Å². The lowest BCUT2D eigenvalue weighted by atomic mass is 10.0. The molecule has 21 heavy (non-hydrogen) atoms. The van der Waals surface area contributed by atoms with Crippen molar-refractivity contribution in [2.45, 2.75) is 43.2 Å². The topological polar surface area (TPSA) is 12.0 Å². The largest absolute Gasteiger partial charge is 0.313 e. The molecule has 0 spiro atoms. The van der Waals surface area contributed by atoms with E-state index >= 15 is 0 Å². The van der Waals surface area contributed by atoms with Crippen LogP contribution in [0.15, 0.2) is 18.2 Å². The molecule has 1 nitrogen and oxygen atoms in total. The van der Waals surface area contributed by atoms with Crippen molar-refractivity contribution in [3.05, 3.63) is 35.4 Å². The molecule has 1 aromatic carbocycles. The number of hydrogen-bond donors (Lipinski definition) is 1. The Bertz CT molecular complexity index is 456. The number of nitrogens with one attached hydrogen (secondary N) is 1. The van der Waals surface area contributed by atoms with E-state index in [0.29, 0.717) is 22.5 Å². The highest BCUT2D eigenvalue weighted by Gasteiger charge is 2.30. The summed E-state index contributed by atoms with van der Waals surface area (Å²) in [5.41, 5.74) is 0.479. The molecule has 1 aromatic rings. The number of halogens is 2. The second-order valence-corrected chi connectivity index (χ2v) is 8.18. The van der Waals surface area contributed by atoms with Crippen LogP contribution in [0.5, 0.6) is 0 Å². The monoisotopic (exact) mass is 331 g/mol. The first-order chi connectivity index (χ1) is 10.1. The standard InChI is InChI=1S/C16H23F2NS2/c1-3-6-19-15(16-11(2)20-7-8-21-16)10-12-9-13(17)4-5-14(12)18/h4-5,9,11,15-16,19H,3,6-8,10H2,1-2H3. The molecule has 1 saturated heterocycles. The average molecular weight is 331 g/mol. The number of benzene rings is 1. The summed E-state index contributed by atoms with van der Waals surface area (Å²) in [5.74, 6) is 1.65. The van der Waals surface area contributed by atoms with E-state index in [1.165, 1.54) is 24.0 Å². The molecule has 1 aliphatic rings. The minimum absolute atomic E-state index is 0.189. The smallest absolute Gasteiger partial charge is 0.126 e. The Balaban J connectivity index is 2.13. The van der Waals surface area contributed by atoms with Gasteiger partial charge in [0.05, 0.1) is 0 Å². The SMILES string of the molecule is CCCNC(Cc1cc(F)ccc1F)C1SCCSC1C. The van der Waals surface area contributed by atoms with Crippen molar-refractivity contribution in [3.8, 4) is 0 Å².